The Labute approximate surface area is 109 Å². The minimum atomic E-state index is -0.197. The third-order valence-corrected chi connectivity index (χ3v) is 3.24. The van der Waals surface area contributed by atoms with Gasteiger partial charge in [-0.1, -0.05) is 40.2 Å². The fourth-order valence-electron chi connectivity index (χ4n) is 1.74. The number of benzene rings is 1. The predicted molar refractivity (Wildman–Crippen MR) is 69.2 cm³/mol. The molecule has 1 aromatic carbocycles. The van der Waals surface area contributed by atoms with Crippen LogP contribution in [0.25, 0.3) is 0 Å². The van der Waals surface area contributed by atoms with E-state index >= 15 is 0 Å². The van der Waals surface area contributed by atoms with Gasteiger partial charge in [0.25, 0.3) is 0 Å². The van der Waals surface area contributed by atoms with E-state index in [9.17, 15) is 4.79 Å². The third-order valence-electron chi connectivity index (χ3n) is 2.71. The van der Waals surface area contributed by atoms with E-state index in [2.05, 4.69) is 15.9 Å². The zero-order valence-electron chi connectivity index (χ0n) is 9.30. The van der Waals surface area contributed by atoms with Crippen LogP contribution in [0, 0.1) is 5.92 Å². The molecule has 2 rings (SSSR count). The van der Waals surface area contributed by atoms with Crippen molar-refractivity contribution in [3.05, 3.63) is 46.5 Å². The van der Waals surface area contributed by atoms with Gasteiger partial charge in [0.15, 0.2) is 0 Å². The van der Waals surface area contributed by atoms with Crippen LogP contribution in [0.1, 0.15) is 12.0 Å². The van der Waals surface area contributed by atoms with Gasteiger partial charge in [0, 0.05) is 10.5 Å². The number of hydrogen-bond donors (Lipinski definition) is 1. The van der Waals surface area contributed by atoms with E-state index in [1.165, 1.54) is 0 Å². The molecule has 2 N–H and O–H groups in total. The van der Waals surface area contributed by atoms with Crippen molar-refractivity contribution < 1.29 is 9.53 Å². The quantitative estimate of drug-likeness (QED) is 0.688. The topological polar surface area (TPSA) is 52.3 Å². The molecule has 90 valence electrons. The van der Waals surface area contributed by atoms with Crippen LogP contribution >= 0.6 is 15.9 Å². The molecule has 0 saturated carbocycles. The van der Waals surface area contributed by atoms with Gasteiger partial charge in [0.1, 0.15) is 6.61 Å². The largest absolute Gasteiger partial charge is 0.460 e. The van der Waals surface area contributed by atoms with Crippen molar-refractivity contribution >= 4 is 21.9 Å². The average molecular weight is 296 g/mol. The Bertz CT molecular complexity index is 428. The lowest BCUT2D eigenvalue weighted by atomic mass is 10.1. The molecule has 1 aliphatic rings. The summed E-state index contributed by atoms with van der Waals surface area (Å²) < 4.78 is 6.25. The summed E-state index contributed by atoms with van der Waals surface area (Å²) in [5.74, 6) is -0.377. The lowest BCUT2D eigenvalue weighted by Gasteiger charge is -2.09. The molecule has 1 aromatic rings. The van der Waals surface area contributed by atoms with Crippen LogP contribution in [-0.2, 0) is 16.1 Å². The fraction of sp³-hybridized carbons (Fsp3) is 0.308. The smallest absolute Gasteiger partial charge is 0.313 e. The predicted octanol–water partition coefficient (Wildman–Crippen LogP) is 2.40. The second-order valence-corrected chi connectivity index (χ2v) is 5.04. The van der Waals surface area contributed by atoms with Gasteiger partial charge >= 0.3 is 5.97 Å². The van der Waals surface area contributed by atoms with Crippen molar-refractivity contribution in [2.75, 3.05) is 0 Å². The molecule has 17 heavy (non-hydrogen) atoms. The highest BCUT2D eigenvalue weighted by molar-refractivity contribution is 9.10. The van der Waals surface area contributed by atoms with Crippen LogP contribution in [0.2, 0.25) is 0 Å². The number of hydrogen-bond acceptors (Lipinski definition) is 3. The second-order valence-electron chi connectivity index (χ2n) is 4.13. The lowest BCUT2D eigenvalue weighted by molar-refractivity contribution is -0.148. The summed E-state index contributed by atoms with van der Waals surface area (Å²) in [5, 5.41) is 0. The SMILES string of the molecule is NC1C=CC(C(=O)OCc2ccc(Br)cc2)C1. The molecular formula is C13H14BrNO2. The molecule has 0 saturated heterocycles. The van der Waals surface area contributed by atoms with Crippen LogP contribution in [0.5, 0.6) is 0 Å². The maximum Gasteiger partial charge on any atom is 0.313 e. The third kappa shape index (κ3) is 3.41. The van der Waals surface area contributed by atoms with Crippen molar-refractivity contribution in [3.63, 3.8) is 0 Å². The standard InChI is InChI=1S/C13H14BrNO2/c14-11-4-1-9(2-5-11)8-17-13(16)10-3-6-12(15)7-10/h1-6,10,12H,7-8,15H2. The van der Waals surface area contributed by atoms with Crippen molar-refractivity contribution in [2.45, 2.75) is 19.1 Å². The lowest BCUT2D eigenvalue weighted by Crippen LogP contribution is -2.20. The summed E-state index contributed by atoms with van der Waals surface area (Å²) >= 11 is 3.36. The second kappa shape index (κ2) is 5.47. The van der Waals surface area contributed by atoms with E-state index in [0.29, 0.717) is 13.0 Å². The molecule has 0 bridgehead atoms. The van der Waals surface area contributed by atoms with Gasteiger partial charge in [0.2, 0.25) is 0 Å². The number of ether oxygens (including phenoxy) is 1. The number of halogens is 1. The molecule has 0 aromatic heterocycles. The molecule has 2 unspecified atom stereocenters. The summed E-state index contributed by atoms with van der Waals surface area (Å²) in [6, 6.07) is 7.69. The first-order chi connectivity index (χ1) is 8.15. The molecule has 0 heterocycles. The average Bonchev–Trinajstić information content (AvgIpc) is 2.75. The van der Waals surface area contributed by atoms with Gasteiger partial charge < -0.3 is 10.5 Å². The van der Waals surface area contributed by atoms with Gasteiger partial charge in [-0.05, 0) is 24.1 Å². The number of carbonyl (C=O) groups excluding carboxylic acids is 1. The van der Waals surface area contributed by atoms with E-state index in [1.54, 1.807) is 0 Å². The Morgan fingerprint density at radius 2 is 2.06 bits per heavy atom. The van der Waals surface area contributed by atoms with Gasteiger partial charge in [-0.15, -0.1) is 0 Å². The maximum atomic E-state index is 11.7. The van der Waals surface area contributed by atoms with E-state index in [1.807, 2.05) is 36.4 Å². The van der Waals surface area contributed by atoms with E-state index in [-0.39, 0.29) is 17.9 Å². The first kappa shape index (κ1) is 12.3. The van der Waals surface area contributed by atoms with Crippen molar-refractivity contribution in [3.8, 4) is 0 Å². The normalized spacial score (nSPS) is 22.7. The summed E-state index contributed by atoms with van der Waals surface area (Å²) in [7, 11) is 0. The fourth-order valence-corrected chi connectivity index (χ4v) is 2.01. The number of rotatable bonds is 3. The highest BCUT2D eigenvalue weighted by Crippen LogP contribution is 2.19. The minimum Gasteiger partial charge on any atom is -0.460 e. The molecule has 3 nitrogen and oxygen atoms in total. The molecule has 4 heteroatoms. The summed E-state index contributed by atoms with van der Waals surface area (Å²) in [5.41, 5.74) is 6.67. The number of carbonyl (C=O) groups is 1. The molecule has 1 aliphatic carbocycles. The Balaban J connectivity index is 1.84. The van der Waals surface area contributed by atoms with Gasteiger partial charge in [-0.3, -0.25) is 4.79 Å². The monoisotopic (exact) mass is 295 g/mol. The Kier molecular flexibility index (Phi) is 3.97. The molecule has 0 fully saturated rings. The van der Waals surface area contributed by atoms with Crippen molar-refractivity contribution in [1.29, 1.82) is 0 Å². The molecule has 0 spiro atoms. The summed E-state index contributed by atoms with van der Waals surface area (Å²) in [6.07, 6.45) is 4.33. The highest BCUT2D eigenvalue weighted by atomic mass is 79.9. The number of nitrogens with two attached hydrogens (primary N) is 1. The number of esters is 1. The Hall–Kier alpha value is -1.13. The first-order valence-electron chi connectivity index (χ1n) is 5.50. The van der Waals surface area contributed by atoms with E-state index in [0.717, 1.165) is 10.0 Å². The molecular weight excluding hydrogens is 282 g/mol. The molecule has 0 amide bonds. The zero-order valence-corrected chi connectivity index (χ0v) is 10.9. The van der Waals surface area contributed by atoms with Crippen LogP contribution < -0.4 is 5.73 Å². The summed E-state index contributed by atoms with van der Waals surface area (Å²) in [4.78, 5) is 11.7. The van der Waals surface area contributed by atoms with Crippen LogP contribution in [0.4, 0.5) is 0 Å². The Morgan fingerprint density at radius 3 is 2.65 bits per heavy atom. The maximum absolute atomic E-state index is 11.7. The summed E-state index contributed by atoms with van der Waals surface area (Å²) in [6.45, 7) is 0.311. The van der Waals surface area contributed by atoms with E-state index < -0.39 is 0 Å². The van der Waals surface area contributed by atoms with Crippen LogP contribution in [0.15, 0.2) is 40.9 Å². The molecule has 0 aliphatic heterocycles. The van der Waals surface area contributed by atoms with Crippen LogP contribution in [0.3, 0.4) is 0 Å². The van der Waals surface area contributed by atoms with Gasteiger partial charge in [0.05, 0.1) is 5.92 Å². The van der Waals surface area contributed by atoms with Crippen LogP contribution in [-0.4, -0.2) is 12.0 Å². The van der Waals surface area contributed by atoms with Crippen molar-refractivity contribution in [2.24, 2.45) is 11.7 Å². The van der Waals surface area contributed by atoms with E-state index in [4.69, 9.17) is 10.5 Å². The van der Waals surface area contributed by atoms with Gasteiger partial charge in [-0.25, -0.2) is 0 Å². The van der Waals surface area contributed by atoms with Gasteiger partial charge in [-0.2, -0.15) is 0 Å². The molecule has 0 radical (unpaired) electrons. The highest BCUT2D eigenvalue weighted by Gasteiger charge is 2.23. The molecule has 2 atom stereocenters. The minimum absolute atomic E-state index is 0.0137. The Morgan fingerprint density at radius 1 is 1.35 bits per heavy atom. The zero-order chi connectivity index (χ0) is 12.3. The first-order valence-corrected chi connectivity index (χ1v) is 6.29. The van der Waals surface area contributed by atoms with Crippen molar-refractivity contribution in [1.82, 2.24) is 0 Å².